The second-order valence-corrected chi connectivity index (χ2v) is 9.75. The molecular formula is C22H26N2O2S. The average molecular weight is 383 g/mol. The lowest BCUT2D eigenvalue weighted by atomic mass is 9.53. The molecule has 4 aliphatic carbocycles. The molecule has 4 nitrogen and oxygen atoms in total. The van der Waals surface area contributed by atoms with Gasteiger partial charge in [0.25, 0.3) is 5.91 Å². The number of amides is 1. The molecule has 1 aromatic heterocycles. The molecule has 1 heterocycles. The third-order valence-corrected chi connectivity index (χ3v) is 7.56. The number of benzene rings is 1. The Balaban J connectivity index is 1.26. The smallest absolute Gasteiger partial charge is 0.271 e. The first kappa shape index (κ1) is 17.2. The maximum atomic E-state index is 12.9. The van der Waals surface area contributed by atoms with Crippen LogP contribution in [0.2, 0.25) is 0 Å². The van der Waals surface area contributed by atoms with Crippen LogP contribution >= 0.6 is 11.3 Å². The summed E-state index contributed by atoms with van der Waals surface area (Å²) >= 11 is 1.57. The maximum absolute atomic E-state index is 12.9. The predicted molar refractivity (Wildman–Crippen MR) is 106 cm³/mol. The average Bonchev–Trinajstić information content (AvgIpc) is 3.09. The van der Waals surface area contributed by atoms with Crippen LogP contribution < -0.4 is 10.1 Å². The van der Waals surface area contributed by atoms with Gasteiger partial charge in [-0.25, -0.2) is 4.98 Å². The lowest BCUT2D eigenvalue weighted by Gasteiger charge is -2.56. The van der Waals surface area contributed by atoms with Crippen molar-refractivity contribution in [2.75, 3.05) is 7.11 Å². The van der Waals surface area contributed by atoms with Crippen LogP contribution in [0.25, 0.3) is 0 Å². The molecule has 27 heavy (non-hydrogen) atoms. The summed E-state index contributed by atoms with van der Waals surface area (Å²) in [6, 6.07) is 8.03. The van der Waals surface area contributed by atoms with Gasteiger partial charge in [-0.2, -0.15) is 0 Å². The van der Waals surface area contributed by atoms with Crippen molar-refractivity contribution in [3.63, 3.8) is 0 Å². The molecule has 4 bridgehead atoms. The predicted octanol–water partition coefficient (Wildman–Crippen LogP) is 4.44. The highest BCUT2D eigenvalue weighted by molar-refractivity contribution is 7.09. The number of hydrogen-bond acceptors (Lipinski definition) is 4. The summed E-state index contributed by atoms with van der Waals surface area (Å²) in [7, 11) is 1.67. The summed E-state index contributed by atoms with van der Waals surface area (Å²) < 4.78 is 5.20. The van der Waals surface area contributed by atoms with Crippen molar-refractivity contribution in [2.24, 2.45) is 17.8 Å². The largest absolute Gasteiger partial charge is 0.497 e. The maximum Gasteiger partial charge on any atom is 0.271 e. The molecule has 0 saturated heterocycles. The minimum atomic E-state index is 0.0224. The van der Waals surface area contributed by atoms with Crippen LogP contribution in [0.4, 0.5) is 0 Å². The first-order valence-electron chi connectivity index (χ1n) is 10.0. The highest BCUT2D eigenvalue weighted by Gasteiger charge is 2.51. The van der Waals surface area contributed by atoms with Crippen LogP contribution in [-0.2, 0) is 6.42 Å². The highest BCUT2D eigenvalue weighted by Crippen LogP contribution is 2.55. The van der Waals surface area contributed by atoms with Gasteiger partial charge in [0.05, 0.1) is 12.1 Å². The van der Waals surface area contributed by atoms with Gasteiger partial charge < -0.3 is 10.1 Å². The molecule has 4 saturated carbocycles. The van der Waals surface area contributed by atoms with E-state index in [4.69, 9.17) is 4.74 Å². The number of ether oxygens (including phenoxy) is 1. The molecule has 4 fully saturated rings. The van der Waals surface area contributed by atoms with E-state index in [-0.39, 0.29) is 11.4 Å². The fourth-order valence-electron chi connectivity index (χ4n) is 5.98. The summed E-state index contributed by atoms with van der Waals surface area (Å²) in [5, 5.41) is 6.32. The zero-order chi connectivity index (χ0) is 18.4. The third kappa shape index (κ3) is 3.38. The second-order valence-electron chi connectivity index (χ2n) is 8.80. The van der Waals surface area contributed by atoms with Gasteiger partial charge in [0, 0.05) is 17.3 Å². The number of hydrogen-bond donors (Lipinski definition) is 1. The fourth-order valence-corrected chi connectivity index (χ4v) is 6.79. The summed E-state index contributed by atoms with van der Waals surface area (Å²) in [6.07, 6.45) is 8.43. The molecule has 0 radical (unpaired) electrons. The Hall–Kier alpha value is -1.88. The van der Waals surface area contributed by atoms with Crippen molar-refractivity contribution in [1.29, 1.82) is 0 Å². The molecule has 1 aromatic carbocycles. The molecule has 4 aliphatic rings. The van der Waals surface area contributed by atoms with E-state index in [1.165, 1.54) is 44.1 Å². The molecule has 1 N–H and O–H groups in total. The van der Waals surface area contributed by atoms with E-state index < -0.39 is 0 Å². The van der Waals surface area contributed by atoms with Gasteiger partial charge in [-0.05, 0) is 74.0 Å². The number of aromatic nitrogens is 1. The van der Waals surface area contributed by atoms with E-state index in [0.717, 1.165) is 34.9 Å². The van der Waals surface area contributed by atoms with Gasteiger partial charge in [0.2, 0.25) is 0 Å². The zero-order valence-electron chi connectivity index (χ0n) is 15.7. The van der Waals surface area contributed by atoms with Crippen LogP contribution in [0.15, 0.2) is 29.6 Å². The zero-order valence-corrected chi connectivity index (χ0v) is 16.6. The van der Waals surface area contributed by atoms with Crippen LogP contribution in [0.3, 0.4) is 0 Å². The molecule has 0 unspecified atom stereocenters. The van der Waals surface area contributed by atoms with Gasteiger partial charge in [-0.1, -0.05) is 12.1 Å². The Kier molecular flexibility index (Phi) is 4.23. The van der Waals surface area contributed by atoms with Gasteiger partial charge >= 0.3 is 0 Å². The van der Waals surface area contributed by atoms with Crippen molar-refractivity contribution < 1.29 is 9.53 Å². The number of thiazole rings is 1. The lowest BCUT2D eigenvalue weighted by Crippen LogP contribution is -2.59. The Labute approximate surface area is 164 Å². The quantitative estimate of drug-likeness (QED) is 0.832. The van der Waals surface area contributed by atoms with Crippen molar-refractivity contribution in [3.8, 4) is 5.75 Å². The fraction of sp³-hybridized carbons (Fsp3) is 0.545. The minimum Gasteiger partial charge on any atom is -0.497 e. The van der Waals surface area contributed by atoms with E-state index in [2.05, 4.69) is 22.4 Å². The van der Waals surface area contributed by atoms with Crippen LogP contribution in [0.1, 0.15) is 59.6 Å². The highest BCUT2D eigenvalue weighted by atomic mass is 32.1. The van der Waals surface area contributed by atoms with Gasteiger partial charge in [-0.15, -0.1) is 11.3 Å². The van der Waals surface area contributed by atoms with Crippen LogP contribution in [0.5, 0.6) is 5.75 Å². The first-order valence-corrected chi connectivity index (χ1v) is 10.9. The van der Waals surface area contributed by atoms with Gasteiger partial charge in [0.1, 0.15) is 11.4 Å². The lowest BCUT2D eigenvalue weighted by molar-refractivity contribution is -0.0167. The van der Waals surface area contributed by atoms with Crippen LogP contribution in [-0.4, -0.2) is 23.5 Å². The summed E-state index contributed by atoms with van der Waals surface area (Å²) in [4.78, 5) is 17.5. The Bertz CT molecular complexity index is 807. The standard InChI is InChI=1S/C22H26N2O2S/c1-26-18-4-2-14(3-5-18)9-20-23-19(13-27-20)21(25)24-22-10-15-6-16(11-22)8-17(7-15)12-22/h2-5,13,15-17H,6-12H2,1H3,(H,24,25). The van der Waals surface area contributed by atoms with E-state index in [0.29, 0.717) is 5.69 Å². The van der Waals surface area contributed by atoms with E-state index >= 15 is 0 Å². The topological polar surface area (TPSA) is 51.2 Å². The minimum absolute atomic E-state index is 0.0224. The Morgan fingerprint density at radius 3 is 2.37 bits per heavy atom. The van der Waals surface area contributed by atoms with Crippen molar-refractivity contribution in [1.82, 2.24) is 10.3 Å². The second kappa shape index (κ2) is 6.62. The molecule has 0 atom stereocenters. The Morgan fingerprint density at radius 1 is 1.15 bits per heavy atom. The molecule has 0 aliphatic heterocycles. The monoisotopic (exact) mass is 382 g/mol. The number of carbonyl (C=O) groups excluding carboxylic acids is 1. The summed E-state index contributed by atoms with van der Waals surface area (Å²) in [6.45, 7) is 0. The van der Waals surface area contributed by atoms with E-state index in [1.54, 1.807) is 18.4 Å². The Morgan fingerprint density at radius 2 is 1.78 bits per heavy atom. The normalized spacial score (nSPS) is 31.1. The van der Waals surface area contributed by atoms with E-state index in [1.807, 2.05) is 17.5 Å². The van der Waals surface area contributed by atoms with Crippen molar-refractivity contribution in [3.05, 3.63) is 45.9 Å². The molecule has 5 heteroatoms. The number of methoxy groups -OCH3 is 1. The van der Waals surface area contributed by atoms with Crippen LogP contribution in [0, 0.1) is 17.8 Å². The number of nitrogens with one attached hydrogen (secondary N) is 1. The van der Waals surface area contributed by atoms with Gasteiger partial charge in [0.15, 0.2) is 0 Å². The molecule has 1 amide bonds. The van der Waals surface area contributed by atoms with E-state index in [9.17, 15) is 4.79 Å². The molecule has 0 spiro atoms. The molecule has 6 rings (SSSR count). The van der Waals surface area contributed by atoms with Gasteiger partial charge in [-0.3, -0.25) is 4.79 Å². The molecule has 2 aromatic rings. The summed E-state index contributed by atoms with van der Waals surface area (Å²) in [5.41, 5.74) is 1.81. The number of nitrogens with zero attached hydrogens (tertiary/aromatic N) is 1. The van der Waals surface area contributed by atoms with Crippen molar-refractivity contribution in [2.45, 2.75) is 50.5 Å². The first-order chi connectivity index (χ1) is 13.1. The molecular weight excluding hydrogens is 356 g/mol. The summed E-state index contributed by atoms with van der Waals surface area (Å²) in [5.74, 6) is 3.37. The third-order valence-electron chi connectivity index (χ3n) is 6.72. The number of carbonyl (C=O) groups is 1. The SMILES string of the molecule is COc1ccc(Cc2nc(C(=O)NC34CC5CC(CC(C5)C3)C4)cs2)cc1. The molecule has 142 valence electrons. The van der Waals surface area contributed by atoms with Crippen molar-refractivity contribution >= 4 is 17.2 Å². The number of rotatable bonds is 5.